The third-order valence-electron chi connectivity index (χ3n) is 4.77. The van der Waals surface area contributed by atoms with Gasteiger partial charge in [0, 0.05) is 12.6 Å². The summed E-state index contributed by atoms with van der Waals surface area (Å²) >= 11 is 0. The molecule has 0 aliphatic heterocycles. The number of hydrogen-bond donors (Lipinski definition) is 1. The molecule has 32 heavy (non-hydrogen) atoms. The Morgan fingerprint density at radius 1 is 0.969 bits per heavy atom. The lowest BCUT2D eigenvalue weighted by atomic mass is 10.3. The van der Waals surface area contributed by atoms with E-state index in [-0.39, 0.29) is 17.1 Å². The highest BCUT2D eigenvalue weighted by Gasteiger charge is 2.27. The van der Waals surface area contributed by atoms with Crippen molar-refractivity contribution in [1.82, 2.24) is 0 Å². The van der Waals surface area contributed by atoms with Gasteiger partial charge in [-0.1, -0.05) is 36.4 Å². The highest BCUT2D eigenvalue weighted by Crippen LogP contribution is 2.29. The summed E-state index contributed by atoms with van der Waals surface area (Å²) in [6.45, 7) is 3.59. The average molecular weight is 455 g/mol. The molecule has 0 radical (unpaired) electrons. The van der Waals surface area contributed by atoms with E-state index in [9.17, 15) is 13.2 Å². The fourth-order valence-electron chi connectivity index (χ4n) is 3.17. The summed E-state index contributed by atoms with van der Waals surface area (Å²) < 4.78 is 39.0. The second kappa shape index (κ2) is 10.2. The highest BCUT2D eigenvalue weighted by atomic mass is 32.2. The lowest BCUT2D eigenvalue weighted by molar-refractivity contribution is -0.122. The first-order valence-corrected chi connectivity index (χ1v) is 11.6. The number of nitrogens with one attached hydrogen (secondary N) is 1. The van der Waals surface area contributed by atoms with Gasteiger partial charge in [0.05, 0.1) is 18.5 Å². The Bertz CT molecular complexity index is 1170. The Hall–Kier alpha value is -3.52. The summed E-state index contributed by atoms with van der Waals surface area (Å²) in [7, 11) is -2.37. The number of nitrogens with zero attached hydrogens (tertiary/aromatic N) is 1. The van der Waals surface area contributed by atoms with Gasteiger partial charge in [-0.2, -0.15) is 0 Å². The zero-order chi connectivity index (χ0) is 23.1. The number of carbonyl (C=O) groups is 1. The van der Waals surface area contributed by atoms with Crippen LogP contribution in [-0.4, -0.2) is 34.1 Å². The minimum atomic E-state index is -3.91. The monoisotopic (exact) mass is 454 g/mol. The van der Waals surface area contributed by atoms with Crippen molar-refractivity contribution in [2.24, 2.45) is 0 Å². The SMILES string of the molecule is CCN(c1ccccc1)S(=O)(=O)c1ccccc1NC(=O)C(C)Oc1cccc(OC)c1. The molecule has 1 unspecified atom stereocenters. The molecule has 3 rings (SSSR count). The van der Waals surface area contributed by atoms with Crippen molar-refractivity contribution in [2.45, 2.75) is 24.8 Å². The molecule has 1 atom stereocenters. The van der Waals surface area contributed by atoms with Gasteiger partial charge < -0.3 is 14.8 Å². The first-order chi connectivity index (χ1) is 15.4. The minimum absolute atomic E-state index is 0.00707. The van der Waals surface area contributed by atoms with E-state index in [1.54, 1.807) is 87.7 Å². The molecule has 3 aromatic carbocycles. The molecule has 1 amide bonds. The van der Waals surface area contributed by atoms with E-state index in [1.165, 1.54) is 10.4 Å². The predicted octanol–water partition coefficient (Wildman–Crippen LogP) is 4.32. The smallest absolute Gasteiger partial charge is 0.266 e. The zero-order valence-corrected chi connectivity index (χ0v) is 19.0. The third kappa shape index (κ3) is 5.20. The molecule has 0 aliphatic rings. The molecule has 3 aromatic rings. The third-order valence-corrected chi connectivity index (χ3v) is 6.73. The van der Waals surface area contributed by atoms with Crippen LogP contribution in [0.3, 0.4) is 0 Å². The minimum Gasteiger partial charge on any atom is -0.497 e. The summed E-state index contributed by atoms with van der Waals surface area (Å²) in [6.07, 6.45) is -0.866. The van der Waals surface area contributed by atoms with Crippen LogP contribution in [0, 0.1) is 0 Å². The van der Waals surface area contributed by atoms with Gasteiger partial charge in [0.1, 0.15) is 16.4 Å². The number of ether oxygens (including phenoxy) is 2. The van der Waals surface area contributed by atoms with Crippen molar-refractivity contribution in [3.63, 3.8) is 0 Å². The van der Waals surface area contributed by atoms with Crippen molar-refractivity contribution >= 4 is 27.3 Å². The van der Waals surface area contributed by atoms with Gasteiger partial charge in [0.25, 0.3) is 15.9 Å². The lowest BCUT2D eigenvalue weighted by Gasteiger charge is -2.24. The molecular formula is C24H26N2O5S. The Morgan fingerprint density at radius 3 is 2.31 bits per heavy atom. The number of rotatable bonds is 9. The first-order valence-electron chi connectivity index (χ1n) is 10.1. The first kappa shape index (κ1) is 23.1. The maximum atomic E-state index is 13.4. The summed E-state index contributed by atoms with van der Waals surface area (Å²) in [4.78, 5) is 12.8. The Morgan fingerprint density at radius 2 is 1.62 bits per heavy atom. The molecule has 7 nitrogen and oxygen atoms in total. The molecule has 1 N–H and O–H groups in total. The number of amides is 1. The molecular weight excluding hydrogens is 428 g/mol. The van der Waals surface area contributed by atoms with Crippen LogP contribution in [0.4, 0.5) is 11.4 Å². The van der Waals surface area contributed by atoms with Gasteiger partial charge in [-0.05, 0) is 50.2 Å². The van der Waals surface area contributed by atoms with Crippen LogP contribution in [0.1, 0.15) is 13.8 Å². The Labute approximate surface area is 188 Å². The van der Waals surface area contributed by atoms with E-state index in [1.807, 2.05) is 6.07 Å². The van der Waals surface area contributed by atoms with Crippen LogP contribution in [-0.2, 0) is 14.8 Å². The standard InChI is InChI=1S/C24H26N2O5S/c1-4-26(19-11-6-5-7-12-19)32(28,29)23-16-9-8-15-22(23)25-24(27)18(2)31-21-14-10-13-20(17-21)30-3/h5-18H,4H2,1-3H3,(H,25,27). The van der Waals surface area contributed by atoms with Crippen molar-refractivity contribution in [3.05, 3.63) is 78.9 Å². The van der Waals surface area contributed by atoms with Crippen LogP contribution < -0.4 is 19.1 Å². The average Bonchev–Trinajstić information content (AvgIpc) is 2.80. The molecule has 0 saturated carbocycles. The molecule has 0 fully saturated rings. The molecule has 0 saturated heterocycles. The number of benzene rings is 3. The number of anilines is 2. The van der Waals surface area contributed by atoms with E-state index >= 15 is 0 Å². The molecule has 8 heteroatoms. The maximum Gasteiger partial charge on any atom is 0.266 e. The van der Waals surface area contributed by atoms with Gasteiger partial charge in [-0.25, -0.2) is 8.42 Å². The van der Waals surface area contributed by atoms with Gasteiger partial charge >= 0.3 is 0 Å². The van der Waals surface area contributed by atoms with E-state index in [0.29, 0.717) is 17.2 Å². The molecule has 0 bridgehead atoms. The second-order valence-electron chi connectivity index (χ2n) is 6.93. The predicted molar refractivity (Wildman–Crippen MR) is 125 cm³/mol. The van der Waals surface area contributed by atoms with Gasteiger partial charge in [-0.15, -0.1) is 0 Å². The van der Waals surface area contributed by atoms with E-state index < -0.39 is 22.0 Å². The number of carbonyl (C=O) groups excluding carboxylic acids is 1. The van der Waals surface area contributed by atoms with Gasteiger partial charge in [0.2, 0.25) is 0 Å². The fourth-order valence-corrected chi connectivity index (χ4v) is 4.79. The second-order valence-corrected chi connectivity index (χ2v) is 8.76. The fraction of sp³-hybridized carbons (Fsp3) is 0.208. The summed E-state index contributed by atoms with van der Waals surface area (Å²) in [6, 6.07) is 22.1. The number of hydrogen-bond acceptors (Lipinski definition) is 5. The van der Waals surface area contributed by atoms with E-state index in [2.05, 4.69) is 5.32 Å². The topological polar surface area (TPSA) is 84.9 Å². The van der Waals surface area contributed by atoms with Crippen LogP contribution in [0.15, 0.2) is 83.8 Å². The summed E-state index contributed by atoms with van der Waals surface area (Å²) in [5.41, 5.74) is 0.735. The highest BCUT2D eigenvalue weighted by molar-refractivity contribution is 7.93. The van der Waals surface area contributed by atoms with Crippen molar-refractivity contribution in [1.29, 1.82) is 0 Å². The molecule has 0 aromatic heterocycles. The Balaban J connectivity index is 1.83. The van der Waals surface area contributed by atoms with Crippen LogP contribution in [0.2, 0.25) is 0 Å². The zero-order valence-electron chi connectivity index (χ0n) is 18.2. The van der Waals surface area contributed by atoms with Crippen LogP contribution in [0.25, 0.3) is 0 Å². The van der Waals surface area contributed by atoms with Crippen molar-refractivity contribution in [3.8, 4) is 11.5 Å². The molecule has 0 heterocycles. The van der Waals surface area contributed by atoms with Crippen molar-refractivity contribution in [2.75, 3.05) is 23.3 Å². The van der Waals surface area contributed by atoms with E-state index in [4.69, 9.17) is 9.47 Å². The normalized spacial score (nSPS) is 12.0. The summed E-state index contributed by atoms with van der Waals surface area (Å²) in [5.74, 6) is 0.597. The van der Waals surface area contributed by atoms with Gasteiger partial charge in [-0.3, -0.25) is 9.10 Å². The van der Waals surface area contributed by atoms with Crippen LogP contribution >= 0.6 is 0 Å². The van der Waals surface area contributed by atoms with E-state index in [0.717, 1.165) is 0 Å². The molecule has 0 aliphatic carbocycles. The number of para-hydroxylation sites is 2. The largest absolute Gasteiger partial charge is 0.497 e. The van der Waals surface area contributed by atoms with Crippen molar-refractivity contribution < 1.29 is 22.7 Å². The Kier molecular flexibility index (Phi) is 7.37. The summed E-state index contributed by atoms with van der Waals surface area (Å²) in [5, 5.41) is 2.69. The number of methoxy groups -OCH3 is 1. The lowest BCUT2D eigenvalue weighted by Crippen LogP contribution is -2.33. The quantitative estimate of drug-likeness (QED) is 0.521. The van der Waals surface area contributed by atoms with Gasteiger partial charge in [0.15, 0.2) is 6.10 Å². The van der Waals surface area contributed by atoms with Crippen LogP contribution in [0.5, 0.6) is 11.5 Å². The molecule has 0 spiro atoms. The molecule has 168 valence electrons. The number of sulfonamides is 1. The maximum absolute atomic E-state index is 13.4.